The molecule has 0 bridgehead atoms. The quantitative estimate of drug-likeness (QED) is 0.329. The molecule has 0 aromatic heterocycles. The molecular formula is C27H27NO7. The highest BCUT2D eigenvalue weighted by molar-refractivity contribution is 6.31. The second-order valence-electron chi connectivity index (χ2n) is 8.88. The highest BCUT2D eigenvalue weighted by Gasteiger charge is 2.56. The number of rotatable bonds is 6. The van der Waals surface area contributed by atoms with Gasteiger partial charge in [-0.3, -0.25) is 14.4 Å². The molecule has 1 atom stereocenters. The molecule has 2 aliphatic rings. The predicted octanol–water partition coefficient (Wildman–Crippen LogP) is 3.41. The average molecular weight is 478 g/mol. The van der Waals surface area contributed by atoms with Gasteiger partial charge in [0.2, 0.25) is 0 Å². The lowest BCUT2D eigenvalue weighted by Crippen LogP contribution is -2.41. The first-order chi connectivity index (χ1) is 16.5. The van der Waals surface area contributed by atoms with Gasteiger partial charge >= 0.3 is 0 Å². The van der Waals surface area contributed by atoms with E-state index >= 15 is 0 Å². The van der Waals surface area contributed by atoms with E-state index in [-0.39, 0.29) is 39.5 Å². The number of phenolic OH excluding ortho intramolecular Hbond substituents is 2. The van der Waals surface area contributed by atoms with Crippen LogP contribution in [0.5, 0.6) is 23.0 Å². The number of ketones is 3. The van der Waals surface area contributed by atoms with Crippen molar-refractivity contribution in [3.8, 4) is 23.0 Å². The maximum atomic E-state index is 13.8. The number of Topliss-reactive ketones (excluding diaryl/α,β-unsaturated/α-hetero) is 2. The molecule has 0 spiro atoms. The molecular weight excluding hydrogens is 450 g/mol. The van der Waals surface area contributed by atoms with Gasteiger partial charge in [0, 0.05) is 23.9 Å². The van der Waals surface area contributed by atoms with Crippen LogP contribution in [0.3, 0.4) is 0 Å². The van der Waals surface area contributed by atoms with E-state index in [9.17, 15) is 24.6 Å². The molecule has 3 N–H and O–H groups in total. The Kier molecular flexibility index (Phi) is 5.92. The molecule has 8 heteroatoms. The predicted molar refractivity (Wildman–Crippen MR) is 128 cm³/mol. The van der Waals surface area contributed by atoms with Crippen molar-refractivity contribution in [2.75, 3.05) is 13.7 Å². The minimum atomic E-state index is -1.53. The minimum Gasteiger partial charge on any atom is -0.507 e. The van der Waals surface area contributed by atoms with Gasteiger partial charge in [-0.15, -0.1) is 0 Å². The van der Waals surface area contributed by atoms with Gasteiger partial charge in [0.25, 0.3) is 0 Å². The summed E-state index contributed by atoms with van der Waals surface area (Å²) >= 11 is 0. The highest BCUT2D eigenvalue weighted by atomic mass is 16.5. The molecule has 0 saturated carbocycles. The molecule has 2 aromatic carbocycles. The Morgan fingerprint density at radius 1 is 1.14 bits per heavy atom. The van der Waals surface area contributed by atoms with E-state index in [0.717, 1.165) is 11.3 Å². The molecule has 35 heavy (non-hydrogen) atoms. The maximum Gasteiger partial charge on any atom is 0.194 e. The van der Waals surface area contributed by atoms with Crippen molar-refractivity contribution in [1.82, 2.24) is 5.32 Å². The molecule has 1 aliphatic carbocycles. The van der Waals surface area contributed by atoms with E-state index in [4.69, 9.17) is 9.47 Å². The van der Waals surface area contributed by atoms with Gasteiger partial charge in [-0.25, -0.2) is 0 Å². The van der Waals surface area contributed by atoms with Crippen LogP contribution in [-0.4, -0.2) is 41.2 Å². The van der Waals surface area contributed by atoms with Crippen LogP contribution < -0.4 is 14.8 Å². The first-order valence-corrected chi connectivity index (χ1v) is 11.2. The van der Waals surface area contributed by atoms with Crippen LogP contribution in [0.25, 0.3) is 0 Å². The van der Waals surface area contributed by atoms with Crippen molar-refractivity contribution in [3.63, 3.8) is 0 Å². The summed E-state index contributed by atoms with van der Waals surface area (Å²) in [7, 11) is 1.60. The van der Waals surface area contributed by atoms with Crippen LogP contribution >= 0.6 is 0 Å². The number of carbonyl (C=O) groups excluding carboxylic acids is 3. The number of methoxy groups -OCH3 is 1. The van der Waals surface area contributed by atoms with Gasteiger partial charge in [0.05, 0.1) is 18.2 Å². The van der Waals surface area contributed by atoms with E-state index in [1.807, 2.05) is 24.3 Å². The fourth-order valence-electron chi connectivity index (χ4n) is 4.75. The number of allylic oxidation sites excluding steroid dienone is 4. The lowest BCUT2D eigenvalue weighted by molar-refractivity contribution is -0.123. The number of benzene rings is 2. The normalized spacial score (nSPS) is 20.0. The Balaban J connectivity index is 1.73. The molecule has 1 heterocycles. The highest BCUT2D eigenvalue weighted by Crippen LogP contribution is 2.57. The molecule has 0 unspecified atom stereocenters. The number of hydrogen-bond donors (Lipinski definition) is 3. The number of carbonyl (C=O) groups is 3. The molecule has 8 nitrogen and oxygen atoms in total. The Morgan fingerprint density at radius 2 is 1.83 bits per heavy atom. The van der Waals surface area contributed by atoms with Gasteiger partial charge in [-0.05, 0) is 45.7 Å². The molecule has 0 radical (unpaired) electrons. The number of nitrogens with one attached hydrogen (secondary N) is 1. The van der Waals surface area contributed by atoms with Crippen LogP contribution in [0.1, 0.15) is 47.8 Å². The summed E-state index contributed by atoms with van der Waals surface area (Å²) in [5.74, 6) is -1.70. The molecule has 2 aromatic rings. The number of aromatic hydroxyl groups is 2. The standard InChI is InChI=1S/C27H27NO7/c1-13-23(31)21(15(3)29)25-22(24(13)32)27(4)19(35-25)12-17(30)20(26(27)33)14(2)28-11-10-16-8-6-7-9-18(16)34-5/h6-9,12,28,31-32H,10-11H2,1-5H3/t27-/m0/s1. The largest absolute Gasteiger partial charge is 0.507 e. The van der Waals surface area contributed by atoms with Crippen molar-refractivity contribution < 1.29 is 34.1 Å². The van der Waals surface area contributed by atoms with E-state index < -0.39 is 28.5 Å². The zero-order valence-corrected chi connectivity index (χ0v) is 20.2. The number of hydrogen-bond acceptors (Lipinski definition) is 8. The van der Waals surface area contributed by atoms with Crippen molar-refractivity contribution in [3.05, 3.63) is 69.6 Å². The van der Waals surface area contributed by atoms with Gasteiger partial charge < -0.3 is 25.0 Å². The fraction of sp³-hybridized carbons (Fsp3) is 0.296. The lowest BCUT2D eigenvalue weighted by Gasteiger charge is -2.29. The monoisotopic (exact) mass is 477 g/mol. The number of fused-ring (bicyclic) bond motifs is 3. The molecule has 1 aliphatic heterocycles. The van der Waals surface area contributed by atoms with Crippen molar-refractivity contribution in [1.29, 1.82) is 0 Å². The number of phenols is 2. The Morgan fingerprint density at radius 3 is 2.49 bits per heavy atom. The summed E-state index contributed by atoms with van der Waals surface area (Å²) in [6.07, 6.45) is 1.81. The van der Waals surface area contributed by atoms with E-state index in [2.05, 4.69) is 5.32 Å². The van der Waals surface area contributed by atoms with Crippen LogP contribution in [0, 0.1) is 6.92 Å². The van der Waals surface area contributed by atoms with Crippen LogP contribution in [-0.2, 0) is 21.4 Å². The van der Waals surface area contributed by atoms with Crippen LogP contribution in [0.4, 0.5) is 0 Å². The van der Waals surface area contributed by atoms with Gasteiger partial charge in [0.1, 0.15) is 39.7 Å². The summed E-state index contributed by atoms with van der Waals surface area (Å²) < 4.78 is 11.1. The van der Waals surface area contributed by atoms with E-state index in [0.29, 0.717) is 18.7 Å². The molecule has 0 saturated heterocycles. The van der Waals surface area contributed by atoms with Gasteiger partial charge in [-0.1, -0.05) is 18.2 Å². The zero-order chi connectivity index (χ0) is 25.7. The summed E-state index contributed by atoms with van der Waals surface area (Å²) in [5, 5.41) is 24.5. The number of para-hydroxylation sites is 1. The fourth-order valence-corrected chi connectivity index (χ4v) is 4.75. The summed E-state index contributed by atoms with van der Waals surface area (Å²) in [4.78, 5) is 39.0. The van der Waals surface area contributed by atoms with Crippen LogP contribution in [0.15, 0.2) is 47.4 Å². The van der Waals surface area contributed by atoms with Gasteiger partial charge in [0.15, 0.2) is 17.3 Å². The Bertz CT molecular complexity index is 1350. The van der Waals surface area contributed by atoms with E-state index in [1.165, 1.54) is 19.9 Å². The third-order valence-corrected chi connectivity index (χ3v) is 6.74. The summed E-state index contributed by atoms with van der Waals surface area (Å²) in [6.45, 7) is 6.34. The molecule has 4 rings (SSSR count). The Labute approximate surface area is 202 Å². The Hall–Kier alpha value is -4.07. The topological polar surface area (TPSA) is 122 Å². The van der Waals surface area contributed by atoms with Crippen molar-refractivity contribution >= 4 is 17.3 Å². The van der Waals surface area contributed by atoms with Crippen molar-refractivity contribution in [2.24, 2.45) is 0 Å². The van der Waals surface area contributed by atoms with E-state index in [1.54, 1.807) is 21.0 Å². The molecule has 0 amide bonds. The molecule has 0 fully saturated rings. The second-order valence-corrected chi connectivity index (χ2v) is 8.88. The smallest absolute Gasteiger partial charge is 0.194 e. The minimum absolute atomic E-state index is 0.0101. The number of ether oxygens (including phenoxy) is 2. The van der Waals surface area contributed by atoms with Crippen LogP contribution in [0.2, 0.25) is 0 Å². The first kappa shape index (κ1) is 24.1. The average Bonchev–Trinajstić information content (AvgIpc) is 3.10. The first-order valence-electron chi connectivity index (χ1n) is 11.2. The second kappa shape index (κ2) is 8.61. The zero-order valence-electron chi connectivity index (χ0n) is 20.2. The summed E-state index contributed by atoms with van der Waals surface area (Å²) in [5.41, 5.74) is -0.223. The maximum absolute atomic E-state index is 13.8. The SMILES string of the molecule is COc1ccccc1CCNC(C)=C1C(=O)C=C2Oc3c(C(C)=O)c(O)c(C)c(O)c3[C@@]2(C)C1=O. The lowest BCUT2D eigenvalue weighted by atomic mass is 9.70. The van der Waals surface area contributed by atoms with Crippen molar-refractivity contribution in [2.45, 2.75) is 39.5 Å². The molecule has 182 valence electrons. The third-order valence-electron chi connectivity index (χ3n) is 6.74. The van der Waals surface area contributed by atoms with Gasteiger partial charge in [-0.2, -0.15) is 0 Å². The summed E-state index contributed by atoms with van der Waals surface area (Å²) in [6, 6.07) is 7.59. The third kappa shape index (κ3) is 3.56.